The van der Waals surface area contributed by atoms with Gasteiger partial charge in [-0.15, -0.1) is 0 Å². The molecular weight excluding hydrogens is 269 g/mol. The minimum absolute atomic E-state index is 0.0176. The second-order valence-electron chi connectivity index (χ2n) is 4.53. The van der Waals surface area contributed by atoms with Crippen molar-refractivity contribution in [1.29, 1.82) is 0 Å². The Morgan fingerprint density at radius 1 is 1.60 bits per heavy atom. The van der Waals surface area contributed by atoms with Crippen LogP contribution in [0.4, 0.5) is 10.2 Å². The number of fused-ring (bicyclic) bond motifs is 1. The van der Waals surface area contributed by atoms with Crippen LogP contribution in [0, 0.1) is 0 Å². The van der Waals surface area contributed by atoms with Crippen LogP contribution in [-0.4, -0.2) is 50.3 Å². The van der Waals surface area contributed by atoms with Gasteiger partial charge in [0.2, 0.25) is 5.79 Å². The van der Waals surface area contributed by atoms with Crippen molar-refractivity contribution in [3.8, 4) is 0 Å². The second kappa shape index (κ2) is 4.62. The smallest absolute Gasteiger partial charge is 0.225 e. The molecule has 0 saturated carbocycles. The Labute approximate surface area is 113 Å². The summed E-state index contributed by atoms with van der Waals surface area (Å²) in [5, 5.41) is 9.30. The highest BCUT2D eigenvalue weighted by molar-refractivity contribution is 5.81. The molecule has 0 bridgehead atoms. The van der Waals surface area contributed by atoms with Crippen LogP contribution in [0.15, 0.2) is 12.7 Å². The van der Waals surface area contributed by atoms with Gasteiger partial charge in [-0.1, -0.05) is 0 Å². The van der Waals surface area contributed by atoms with E-state index in [1.165, 1.54) is 19.8 Å². The van der Waals surface area contributed by atoms with Crippen LogP contribution < -0.4 is 5.73 Å². The maximum absolute atomic E-state index is 14.1. The van der Waals surface area contributed by atoms with Crippen molar-refractivity contribution < 1.29 is 19.0 Å². The average Bonchev–Trinajstić information content (AvgIpc) is 3.01. The topological polar surface area (TPSA) is 108 Å². The number of ether oxygens (including phenoxy) is 2. The summed E-state index contributed by atoms with van der Waals surface area (Å²) >= 11 is 0. The van der Waals surface area contributed by atoms with Crippen molar-refractivity contribution in [3.05, 3.63) is 12.7 Å². The standard InChI is InChI=1S/C11H14FN5O3/c1-19-11(3-18)6(12)2-7(20-11)17-5-16-8-9(13)14-4-15-10(8)17/h4-7,18H,2-3H2,1H3,(H2,13,14,15)/t6-,7+,11+/m0/s1. The van der Waals surface area contributed by atoms with Gasteiger partial charge < -0.3 is 20.3 Å². The summed E-state index contributed by atoms with van der Waals surface area (Å²) in [6.07, 6.45) is 0.628. The number of imidazole rings is 1. The van der Waals surface area contributed by atoms with Crippen molar-refractivity contribution in [2.24, 2.45) is 0 Å². The molecule has 0 unspecified atom stereocenters. The zero-order valence-electron chi connectivity index (χ0n) is 10.7. The Morgan fingerprint density at radius 3 is 3.05 bits per heavy atom. The largest absolute Gasteiger partial charge is 0.391 e. The molecule has 0 aliphatic carbocycles. The van der Waals surface area contributed by atoms with Gasteiger partial charge in [0, 0.05) is 13.5 Å². The van der Waals surface area contributed by atoms with Gasteiger partial charge >= 0.3 is 0 Å². The lowest BCUT2D eigenvalue weighted by Crippen LogP contribution is -2.42. The van der Waals surface area contributed by atoms with Crippen molar-refractivity contribution in [1.82, 2.24) is 19.5 Å². The fraction of sp³-hybridized carbons (Fsp3) is 0.545. The van der Waals surface area contributed by atoms with Crippen LogP contribution in [0.25, 0.3) is 11.2 Å². The molecule has 2 aromatic rings. The number of hydrogen-bond donors (Lipinski definition) is 2. The normalized spacial score (nSPS) is 30.1. The summed E-state index contributed by atoms with van der Waals surface area (Å²) in [5.41, 5.74) is 6.56. The maximum Gasteiger partial charge on any atom is 0.225 e. The third-order valence-electron chi connectivity index (χ3n) is 3.48. The zero-order chi connectivity index (χ0) is 14.3. The maximum atomic E-state index is 14.1. The molecule has 3 rings (SSSR count). The molecule has 1 aliphatic heterocycles. The number of alkyl halides is 1. The lowest BCUT2D eigenvalue weighted by atomic mass is 10.1. The number of aliphatic hydroxyl groups is 1. The lowest BCUT2D eigenvalue weighted by molar-refractivity contribution is -0.259. The van der Waals surface area contributed by atoms with E-state index in [0.717, 1.165) is 0 Å². The number of nitrogens with zero attached hydrogens (tertiary/aromatic N) is 4. The van der Waals surface area contributed by atoms with E-state index in [1.807, 2.05) is 0 Å². The summed E-state index contributed by atoms with van der Waals surface area (Å²) in [5.74, 6) is -1.41. The first kappa shape index (κ1) is 13.2. The first-order chi connectivity index (χ1) is 9.61. The molecule has 9 heteroatoms. The van der Waals surface area contributed by atoms with E-state index in [1.54, 1.807) is 4.57 Å². The quantitative estimate of drug-likeness (QED) is 0.816. The molecule has 0 aromatic carbocycles. The molecule has 0 amide bonds. The van der Waals surface area contributed by atoms with Crippen LogP contribution >= 0.6 is 0 Å². The van der Waals surface area contributed by atoms with Crippen LogP contribution in [0.2, 0.25) is 0 Å². The fourth-order valence-corrected chi connectivity index (χ4v) is 2.34. The van der Waals surface area contributed by atoms with Crippen molar-refractivity contribution in [2.45, 2.75) is 24.6 Å². The summed E-state index contributed by atoms with van der Waals surface area (Å²) in [4.78, 5) is 12.0. The fourth-order valence-electron chi connectivity index (χ4n) is 2.34. The predicted molar refractivity (Wildman–Crippen MR) is 66.2 cm³/mol. The van der Waals surface area contributed by atoms with Crippen LogP contribution in [-0.2, 0) is 9.47 Å². The monoisotopic (exact) mass is 283 g/mol. The third-order valence-corrected chi connectivity index (χ3v) is 3.48. The van der Waals surface area contributed by atoms with Gasteiger partial charge in [-0.25, -0.2) is 19.3 Å². The SMILES string of the molecule is CO[C@]1(CO)O[C@@H](n2cnc3c(N)ncnc32)C[C@@H]1F. The van der Waals surface area contributed by atoms with Crippen LogP contribution in [0.3, 0.4) is 0 Å². The summed E-state index contributed by atoms with van der Waals surface area (Å²) < 4.78 is 26.1. The van der Waals surface area contributed by atoms with Crippen LogP contribution in [0.1, 0.15) is 12.6 Å². The van der Waals surface area contributed by atoms with E-state index in [4.69, 9.17) is 15.2 Å². The number of nitrogen functional groups attached to an aromatic ring is 1. The van der Waals surface area contributed by atoms with E-state index in [0.29, 0.717) is 11.2 Å². The molecule has 3 atom stereocenters. The number of methoxy groups -OCH3 is 1. The highest BCUT2D eigenvalue weighted by Crippen LogP contribution is 2.40. The molecule has 0 spiro atoms. The molecular formula is C11H14FN5O3. The number of aliphatic hydroxyl groups excluding tert-OH is 1. The van der Waals surface area contributed by atoms with Gasteiger partial charge in [0.25, 0.3) is 0 Å². The van der Waals surface area contributed by atoms with E-state index in [2.05, 4.69) is 15.0 Å². The molecule has 0 radical (unpaired) electrons. The molecule has 108 valence electrons. The Kier molecular flexibility index (Phi) is 3.04. The Morgan fingerprint density at radius 2 is 2.40 bits per heavy atom. The average molecular weight is 283 g/mol. The number of anilines is 1. The molecule has 8 nitrogen and oxygen atoms in total. The molecule has 1 saturated heterocycles. The number of hydrogen-bond acceptors (Lipinski definition) is 7. The van der Waals surface area contributed by atoms with Gasteiger partial charge in [0.05, 0.1) is 6.33 Å². The van der Waals surface area contributed by atoms with Crippen molar-refractivity contribution >= 4 is 17.0 Å². The number of nitrogens with two attached hydrogens (primary N) is 1. The van der Waals surface area contributed by atoms with Crippen molar-refractivity contribution in [3.63, 3.8) is 0 Å². The highest BCUT2D eigenvalue weighted by atomic mass is 19.1. The van der Waals surface area contributed by atoms with Crippen molar-refractivity contribution in [2.75, 3.05) is 19.5 Å². The molecule has 1 aliphatic rings. The predicted octanol–water partition coefficient (Wildman–Crippen LogP) is 0.000500. The Balaban J connectivity index is 1.99. The van der Waals surface area contributed by atoms with E-state index >= 15 is 0 Å². The van der Waals surface area contributed by atoms with Gasteiger partial charge in [-0.05, 0) is 0 Å². The summed E-state index contributed by atoms with van der Waals surface area (Å²) in [6, 6.07) is 0. The first-order valence-corrected chi connectivity index (χ1v) is 6.02. The summed E-state index contributed by atoms with van der Waals surface area (Å²) in [6.45, 7) is -0.578. The Bertz CT molecular complexity index is 630. The van der Waals surface area contributed by atoms with E-state index < -0.39 is 24.8 Å². The number of aromatic nitrogens is 4. The number of rotatable bonds is 3. The minimum Gasteiger partial charge on any atom is -0.391 e. The van der Waals surface area contributed by atoms with E-state index in [-0.39, 0.29) is 12.2 Å². The minimum atomic E-state index is -1.65. The van der Waals surface area contributed by atoms with Gasteiger partial charge in [0.1, 0.15) is 24.7 Å². The van der Waals surface area contributed by atoms with E-state index in [9.17, 15) is 9.50 Å². The molecule has 20 heavy (non-hydrogen) atoms. The van der Waals surface area contributed by atoms with Gasteiger partial charge in [-0.2, -0.15) is 0 Å². The number of halogens is 1. The third kappa shape index (κ3) is 1.74. The lowest BCUT2D eigenvalue weighted by Gasteiger charge is -2.26. The van der Waals surface area contributed by atoms with Crippen LogP contribution in [0.5, 0.6) is 0 Å². The first-order valence-electron chi connectivity index (χ1n) is 6.02. The van der Waals surface area contributed by atoms with Gasteiger partial charge in [0.15, 0.2) is 17.6 Å². The summed E-state index contributed by atoms with van der Waals surface area (Å²) in [7, 11) is 1.29. The second-order valence-corrected chi connectivity index (χ2v) is 4.53. The van der Waals surface area contributed by atoms with Gasteiger partial charge in [-0.3, -0.25) is 4.57 Å². The highest BCUT2D eigenvalue weighted by Gasteiger charge is 2.50. The zero-order valence-corrected chi connectivity index (χ0v) is 10.7. The molecule has 3 heterocycles. The Hall–Kier alpha value is -1.84. The molecule has 1 fully saturated rings. The molecule has 3 N–H and O–H groups in total. The molecule has 2 aromatic heterocycles.